The normalized spacial score (nSPS) is 11.7. The van der Waals surface area contributed by atoms with Crippen molar-refractivity contribution in [3.05, 3.63) is 65.2 Å². The zero-order chi connectivity index (χ0) is 18.1. The molecule has 0 aliphatic heterocycles. The molecule has 0 amide bonds. The van der Waals surface area contributed by atoms with Gasteiger partial charge in [0.15, 0.2) is 5.96 Å². The summed E-state index contributed by atoms with van der Waals surface area (Å²) in [5.41, 5.74) is 2.93. The van der Waals surface area contributed by atoms with Gasteiger partial charge in [0.1, 0.15) is 11.9 Å². The van der Waals surface area contributed by atoms with Crippen LogP contribution >= 0.6 is 24.0 Å². The molecule has 26 heavy (non-hydrogen) atoms. The third-order valence-corrected chi connectivity index (χ3v) is 3.65. The second-order valence-electron chi connectivity index (χ2n) is 5.86. The van der Waals surface area contributed by atoms with Crippen molar-refractivity contribution in [2.45, 2.75) is 26.5 Å². The van der Waals surface area contributed by atoms with Crippen LogP contribution in [0, 0.1) is 18.3 Å². The molecule has 2 aromatic carbocycles. The first-order valence-corrected chi connectivity index (χ1v) is 8.27. The van der Waals surface area contributed by atoms with Crippen LogP contribution in [-0.2, 0) is 6.54 Å². The molecule has 138 valence electrons. The number of rotatable bonds is 6. The lowest BCUT2D eigenvalue weighted by Crippen LogP contribution is -2.41. The predicted octanol–water partition coefficient (Wildman–Crippen LogP) is 3.62. The Morgan fingerprint density at radius 1 is 1.19 bits per heavy atom. The summed E-state index contributed by atoms with van der Waals surface area (Å²) in [5.74, 6) is 1.58. The van der Waals surface area contributed by atoms with Gasteiger partial charge < -0.3 is 15.4 Å². The van der Waals surface area contributed by atoms with Crippen molar-refractivity contribution < 1.29 is 4.74 Å². The van der Waals surface area contributed by atoms with E-state index in [1.54, 1.807) is 7.05 Å². The number of hydrogen-bond acceptors (Lipinski definition) is 3. The number of guanidine groups is 1. The van der Waals surface area contributed by atoms with Gasteiger partial charge in [-0.3, -0.25) is 4.99 Å². The molecule has 2 aromatic rings. The summed E-state index contributed by atoms with van der Waals surface area (Å²) in [6, 6.07) is 17.6. The topological polar surface area (TPSA) is 69.4 Å². The average Bonchev–Trinajstić information content (AvgIpc) is 2.62. The molecule has 6 heteroatoms. The maximum Gasteiger partial charge on any atom is 0.191 e. The van der Waals surface area contributed by atoms with Crippen molar-refractivity contribution in [1.29, 1.82) is 5.26 Å². The van der Waals surface area contributed by atoms with E-state index in [1.165, 1.54) is 5.56 Å². The molecule has 0 bridgehead atoms. The molecule has 5 nitrogen and oxygen atoms in total. The molecule has 0 spiro atoms. The van der Waals surface area contributed by atoms with Crippen LogP contribution in [0.15, 0.2) is 53.5 Å². The molecule has 0 fully saturated rings. The van der Waals surface area contributed by atoms with E-state index < -0.39 is 0 Å². The van der Waals surface area contributed by atoms with E-state index in [-0.39, 0.29) is 30.1 Å². The van der Waals surface area contributed by atoms with Gasteiger partial charge in [0.25, 0.3) is 0 Å². The third kappa shape index (κ3) is 7.31. The Kier molecular flexibility index (Phi) is 9.52. The van der Waals surface area contributed by atoms with Crippen LogP contribution in [0.3, 0.4) is 0 Å². The molecule has 1 atom stereocenters. The van der Waals surface area contributed by atoms with E-state index in [4.69, 9.17) is 10.00 Å². The van der Waals surface area contributed by atoms with Gasteiger partial charge in [0.05, 0.1) is 18.2 Å². The Bertz CT molecular complexity index is 753. The molecular formula is C20H25IN4O. The standard InChI is InChI=1S/C20H24N4O.HI/c1-15-5-4-6-19(11-15)25-16(2)13-23-20(22-3)24-14-18-9-7-17(12-21)8-10-18;/h4-11,16H,13-14H2,1-3H3,(H2,22,23,24);1H. The minimum Gasteiger partial charge on any atom is -0.489 e. The number of halogens is 1. The van der Waals surface area contributed by atoms with Crippen LogP contribution in [0.1, 0.15) is 23.6 Å². The SMILES string of the molecule is CN=C(NCc1ccc(C#N)cc1)NCC(C)Oc1cccc(C)c1.I. The number of nitrogens with one attached hydrogen (secondary N) is 2. The molecule has 0 saturated carbocycles. The summed E-state index contributed by atoms with van der Waals surface area (Å²) in [6.07, 6.45) is 0.00950. The second kappa shape index (κ2) is 11.4. The van der Waals surface area contributed by atoms with Crippen LogP contribution < -0.4 is 15.4 Å². The molecule has 0 radical (unpaired) electrons. The number of ether oxygens (including phenoxy) is 1. The quantitative estimate of drug-likeness (QED) is 0.390. The van der Waals surface area contributed by atoms with E-state index in [2.05, 4.69) is 21.7 Å². The van der Waals surface area contributed by atoms with Crippen LogP contribution in [0.2, 0.25) is 0 Å². The fraction of sp³-hybridized carbons (Fsp3) is 0.300. The highest BCUT2D eigenvalue weighted by Crippen LogP contribution is 2.13. The van der Waals surface area contributed by atoms with Gasteiger partial charge in [-0.2, -0.15) is 5.26 Å². The van der Waals surface area contributed by atoms with Crippen LogP contribution in [0.25, 0.3) is 0 Å². The van der Waals surface area contributed by atoms with E-state index >= 15 is 0 Å². The van der Waals surface area contributed by atoms with Crippen molar-refractivity contribution in [3.8, 4) is 11.8 Å². The average molecular weight is 464 g/mol. The van der Waals surface area contributed by atoms with Gasteiger partial charge >= 0.3 is 0 Å². The van der Waals surface area contributed by atoms with Gasteiger partial charge in [-0.1, -0.05) is 24.3 Å². The number of nitriles is 1. The van der Waals surface area contributed by atoms with Crippen molar-refractivity contribution in [2.75, 3.05) is 13.6 Å². The Labute approximate surface area is 172 Å². The van der Waals surface area contributed by atoms with E-state index in [1.807, 2.05) is 62.4 Å². The maximum atomic E-state index is 8.82. The van der Waals surface area contributed by atoms with Crippen LogP contribution in [-0.4, -0.2) is 25.7 Å². The number of nitrogens with zero attached hydrogens (tertiary/aromatic N) is 2. The number of benzene rings is 2. The zero-order valence-electron chi connectivity index (χ0n) is 15.3. The number of hydrogen-bond donors (Lipinski definition) is 2. The molecule has 0 heterocycles. The summed E-state index contributed by atoms with van der Waals surface area (Å²) in [4.78, 5) is 4.22. The molecule has 2 rings (SSSR count). The fourth-order valence-electron chi connectivity index (χ4n) is 2.31. The Morgan fingerprint density at radius 3 is 2.54 bits per heavy atom. The molecule has 0 aromatic heterocycles. The van der Waals surface area contributed by atoms with Crippen molar-refractivity contribution in [3.63, 3.8) is 0 Å². The molecule has 0 aliphatic carbocycles. The molecular weight excluding hydrogens is 439 g/mol. The zero-order valence-corrected chi connectivity index (χ0v) is 17.7. The molecule has 0 aliphatic rings. The monoisotopic (exact) mass is 464 g/mol. The van der Waals surface area contributed by atoms with Crippen LogP contribution in [0.4, 0.5) is 0 Å². The van der Waals surface area contributed by atoms with Crippen molar-refractivity contribution in [2.24, 2.45) is 4.99 Å². The van der Waals surface area contributed by atoms with E-state index in [0.717, 1.165) is 11.3 Å². The molecule has 0 saturated heterocycles. The van der Waals surface area contributed by atoms with Gasteiger partial charge in [-0.25, -0.2) is 0 Å². The summed E-state index contributed by atoms with van der Waals surface area (Å²) >= 11 is 0. The van der Waals surface area contributed by atoms with Crippen LogP contribution in [0.5, 0.6) is 5.75 Å². The van der Waals surface area contributed by atoms with Gasteiger partial charge in [-0.15, -0.1) is 24.0 Å². The Hall–Kier alpha value is -2.27. The molecule has 1 unspecified atom stereocenters. The molecule has 2 N–H and O–H groups in total. The lowest BCUT2D eigenvalue weighted by molar-refractivity contribution is 0.223. The Morgan fingerprint density at radius 2 is 1.92 bits per heavy atom. The van der Waals surface area contributed by atoms with E-state index in [9.17, 15) is 0 Å². The largest absolute Gasteiger partial charge is 0.489 e. The smallest absolute Gasteiger partial charge is 0.191 e. The first-order chi connectivity index (χ1) is 12.1. The minimum absolute atomic E-state index is 0. The Balaban J connectivity index is 0.00000338. The maximum absolute atomic E-state index is 8.82. The van der Waals surface area contributed by atoms with Crippen molar-refractivity contribution in [1.82, 2.24) is 10.6 Å². The van der Waals surface area contributed by atoms with E-state index in [0.29, 0.717) is 24.6 Å². The summed E-state index contributed by atoms with van der Waals surface area (Å²) in [7, 11) is 1.74. The lowest BCUT2D eigenvalue weighted by Gasteiger charge is -2.18. The highest BCUT2D eigenvalue weighted by atomic mass is 127. The highest BCUT2D eigenvalue weighted by molar-refractivity contribution is 14.0. The van der Waals surface area contributed by atoms with Crippen molar-refractivity contribution >= 4 is 29.9 Å². The first-order valence-electron chi connectivity index (χ1n) is 8.27. The second-order valence-corrected chi connectivity index (χ2v) is 5.86. The minimum atomic E-state index is 0. The summed E-state index contributed by atoms with van der Waals surface area (Å²) in [5, 5.41) is 15.3. The predicted molar refractivity (Wildman–Crippen MR) is 116 cm³/mol. The van der Waals surface area contributed by atoms with Gasteiger partial charge in [0.2, 0.25) is 0 Å². The third-order valence-electron chi connectivity index (χ3n) is 3.65. The lowest BCUT2D eigenvalue weighted by atomic mass is 10.1. The van der Waals surface area contributed by atoms with Gasteiger partial charge in [0, 0.05) is 13.6 Å². The fourth-order valence-corrected chi connectivity index (χ4v) is 2.31. The number of aliphatic imine (C=N–C) groups is 1. The summed E-state index contributed by atoms with van der Waals surface area (Å²) < 4.78 is 5.90. The van der Waals surface area contributed by atoms with Gasteiger partial charge in [-0.05, 0) is 49.2 Å². The highest BCUT2D eigenvalue weighted by Gasteiger charge is 2.06. The first kappa shape index (κ1) is 21.8. The number of aryl methyl sites for hydroxylation is 1. The summed E-state index contributed by atoms with van der Waals surface area (Å²) in [6.45, 7) is 5.34.